The van der Waals surface area contributed by atoms with Gasteiger partial charge in [-0.05, 0) is 17.5 Å². The smallest absolute Gasteiger partial charge is 0.0490 e. The van der Waals surface area contributed by atoms with E-state index < -0.39 is 0 Å². The van der Waals surface area contributed by atoms with Gasteiger partial charge in [-0.2, -0.15) is 0 Å². The van der Waals surface area contributed by atoms with Crippen molar-refractivity contribution in [3.63, 3.8) is 0 Å². The second kappa shape index (κ2) is 4.44. The third kappa shape index (κ3) is 1.51. The first-order chi connectivity index (χ1) is 8.76. The second-order valence-electron chi connectivity index (χ2n) is 3.65. The Morgan fingerprint density at radius 1 is 0.722 bits per heavy atom. The Balaban J connectivity index is 3.16. The van der Waals surface area contributed by atoms with E-state index in [-0.39, 0.29) is 0 Å². The molecule has 2 rings (SSSR count). The van der Waals surface area contributed by atoms with E-state index in [1.807, 2.05) is 18.2 Å². The van der Waals surface area contributed by atoms with Crippen molar-refractivity contribution in [1.29, 1.82) is 0 Å². The van der Waals surface area contributed by atoms with Crippen molar-refractivity contribution < 1.29 is 0 Å². The molecule has 0 aliphatic carbocycles. The minimum absolute atomic E-state index is 0.598. The number of benzene rings is 2. The van der Waals surface area contributed by atoms with Crippen LogP contribution in [0.5, 0.6) is 0 Å². The summed E-state index contributed by atoms with van der Waals surface area (Å²) < 4.78 is 0. The predicted molar refractivity (Wildman–Crippen MR) is 75.7 cm³/mol. The molecule has 0 heterocycles. The Labute approximate surface area is 107 Å². The zero-order chi connectivity index (χ0) is 13.1. The van der Waals surface area contributed by atoms with Crippen molar-refractivity contribution in [2.45, 2.75) is 0 Å². The molecule has 0 bridgehead atoms. The van der Waals surface area contributed by atoms with Crippen LogP contribution in [0.25, 0.3) is 10.8 Å². The molecule has 0 aliphatic heterocycles. The van der Waals surface area contributed by atoms with Crippen molar-refractivity contribution in [3.8, 4) is 49.4 Å². The fraction of sp³-hybridized carbons (Fsp3) is 0. The Bertz CT molecular complexity index is 795. The largest absolute Gasteiger partial charge is 0.115 e. The maximum absolute atomic E-state index is 5.54. The van der Waals surface area contributed by atoms with E-state index in [2.05, 4.69) is 23.7 Å². The average Bonchev–Trinajstić information content (AvgIpc) is 2.44. The third-order valence-corrected chi connectivity index (χ3v) is 2.77. The van der Waals surface area contributed by atoms with Gasteiger partial charge in [-0.25, -0.2) is 0 Å². The lowest BCUT2D eigenvalue weighted by molar-refractivity contribution is 1.60. The van der Waals surface area contributed by atoms with Gasteiger partial charge in [0, 0.05) is 27.6 Å². The number of hydrogen-bond donors (Lipinski definition) is 0. The van der Waals surface area contributed by atoms with Gasteiger partial charge in [0.05, 0.1) is 0 Å². The molecule has 0 atom stereocenters. The fourth-order valence-electron chi connectivity index (χ4n) is 1.98. The van der Waals surface area contributed by atoms with E-state index in [4.69, 9.17) is 25.7 Å². The highest BCUT2D eigenvalue weighted by Crippen LogP contribution is 2.28. The molecule has 0 saturated heterocycles. The summed E-state index contributed by atoms with van der Waals surface area (Å²) >= 11 is 0. The van der Waals surface area contributed by atoms with Crippen LogP contribution < -0.4 is 0 Å². The van der Waals surface area contributed by atoms with E-state index in [1.165, 1.54) is 0 Å². The Kier molecular flexibility index (Phi) is 2.82. The molecule has 0 spiro atoms. The highest BCUT2D eigenvalue weighted by molar-refractivity contribution is 5.98. The van der Waals surface area contributed by atoms with E-state index >= 15 is 0 Å². The van der Waals surface area contributed by atoms with Gasteiger partial charge in [-0.15, -0.1) is 25.7 Å². The molecule has 0 saturated carbocycles. The zero-order valence-corrected chi connectivity index (χ0v) is 9.62. The third-order valence-electron chi connectivity index (χ3n) is 2.77. The van der Waals surface area contributed by atoms with Crippen LogP contribution in [0.4, 0.5) is 0 Å². The summed E-state index contributed by atoms with van der Waals surface area (Å²) in [5.74, 6) is 10.4. The summed E-state index contributed by atoms with van der Waals surface area (Å²) in [5, 5.41) is 1.64. The molecule has 0 N–H and O–H groups in total. The van der Waals surface area contributed by atoms with Gasteiger partial charge in [0.15, 0.2) is 0 Å². The molecule has 80 valence electrons. The van der Waals surface area contributed by atoms with Crippen molar-refractivity contribution in [1.82, 2.24) is 0 Å². The molecule has 0 aromatic heterocycles. The summed E-state index contributed by atoms with van der Waals surface area (Å²) in [6.45, 7) is 0. The molecule has 0 fully saturated rings. The van der Waals surface area contributed by atoms with E-state index in [0.29, 0.717) is 22.3 Å². The van der Waals surface area contributed by atoms with Gasteiger partial charge in [0.2, 0.25) is 0 Å². The summed E-state index contributed by atoms with van der Waals surface area (Å²) in [6, 6.07) is 7.32. The first-order valence-corrected chi connectivity index (χ1v) is 5.23. The molecular formula is C18H8. The zero-order valence-electron chi connectivity index (χ0n) is 9.62. The molecule has 2 aromatic rings. The molecule has 0 aliphatic rings. The molecular weight excluding hydrogens is 216 g/mol. The second-order valence-corrected chi connectivity index (χ2v) is 3.65. The number of hydrogen-bond acceptors (Lipinski definition) is 0. The average molecular weight is 224 g/mol. The van der Waals surface area contributed by atoms with Gasteiger partial charge in [-0.1, -0.05) is 35.8 Å². The highest BCUT2D eigenvalue weighted by Gasteiger charge is 2.11. The lowest BCUT2D eigenvalue weighted by atomic mass is 9.92. The number of terminal acetylenes is 4. The lowest BCUT2D eigenvalue weighted by Gasteiger charge is -2.09. The topological polar surface area (TPSA) is 0 Å². The Hall–Kier alpha value is -3.06. The van der Waals surface area contributed by atoms with Crippen molar-refractivity contribution >= 4 is 10.8 Å². The van der Waals surface area contributed by atoms with Crippen LogP contribution in [0, 0.1) is 49.4 Å². The summed E-state index contributed by atoms with van der Waals surface area (Å²) in [5.41, 5.74) is 2.63. The van der Waals surface area contributed by atoms with Gasteiger partial charge in [0.25, 0.3) is 0 Å². The SMILES string of the molecule is C#Cc1cc(C#C)c2cccc(C#C)c2c1C#C. The molecule has 0 unspecified atom stereocenters. The van der Waals surface area contributed by atoms with Crippen LogP contribution in [0.1, 0.15) is 22.3 Å². The first kappa shape index (κ1) is 11.4. The number of rotatable bonds is 0. The normalized spacial score (nSPS) is 8.89. The van der Waals surface area contributed by atoms with Gasteiger partial charge >= 0.3 is 0 Å². The summed E-state index contributed by atoms with van der Waals surface area (Å²) in [6.07, 6.45) is 22.0. The molecule has 0 radical (unpaired) electrons. The molecule has 0 heteroatoms. The predicted octanol–water partition coefficient (Wildman–Crippen LogP) is 2.77. The lowest BCUT2D eigenvalue weighted by Crippen LogP contribution is -1.93. The maximum atomic E-state index is 5.54. The quantitative estimate of drug-likeness (QED) is 0.604. The van der Waals surface area contributed by atoms with E-state index in [0.717, 1.165) is 10.8 Å². The van der Waals surface area contributed by atoms with Crippen LogP contribution in [-0.2, 0) is 0 Å². The molecule has 2 aromatic carbocycles. The molecule has 0 nitrogen and oxygen atoms in total. The standard InChI is InChI=1S/C18H8/c1-5-13-10-9-11-17-15(7-3)12-14(6-2)16(8-4)18(13)17/h1-4,9-12H. The van der Waals surface area contributed by atoms with Gasteiger partial charge in [0.1, 0.15) is 0 Å². The minimum atomic E-state index is 0.598. The van der Waals surface area contributed by atoms with Crippen LogP contribution >= 0.6 is 0 Å². The molecule has 18 heavy (non-hydrogen) atoms. The van der Waals surface area contributed by atoms with Gasteiger partial charge in [-0.3, -0.25) is 0 Å². The van der Waals surface area contributed by atoms with Crippen LogP contribution in [0.2, 0.25) is 0 Å². The highest BCUT2D eigenvalue weighted by atomic mass is 14.1. The monoisotopic (exact) mass is 224 g/mol. The first-order valence-electron chi connectivity index (χ1n) is 5.23. The summed E-state index contributed by atoms with van der Waals surface area (Å²) in [4.78, 5) is 0. The fourth-order valence-corrected chi connectivity index (χ4v) is 1.98. The Morgan fingerprint density at radius 3 is 1.94 bits per heavy atom. The van der Waals surface area contributed by atoms with Crippen molar-refractivity contribution in [3.05, 3.63) is 46.5 Å². The Morgan fingerprint density at radius 2 is 1.39 bits per heavy atom. The van der Waals surface area contributed by atoms with E-state index in [9.17, 15) is 0 Å². The maximum Gasteiger partial charge on any atom is 0.0490 e. The van der Waals surface area contributed by atoms with Crippen molar-refractivity contribution in [2.24, 2.45) is 0 Å². The van der Waals surface area contributed by atoms with E-state index in [1.54, 1.807) is 6.07 Å². The van der Waals surface area contributed by atoms with Crippen LogP contribution in [0.15, 0.2) is 24.3 Å². The van der Waals surface area contributed by atoms with Crippen LogP contribution in [-0.4, -0.2) is 0 Å². The number of fused-ring (bicyclic) bond motifs is 1. The minimum Gasteiger partial charge on any atom is -0.115 e. The molecule has 0 amide bonds. The summed E-state index contributed by atoms with van der Waals surface area (Å²) in [7, 11) is 0. The van der Waals surface area contributed by atoms with Gasteiger partial charge < -0.3 is 0 Å². The van der Waals surface area contributed by atoms with Crippen LogP contribution in [0.3, 0.4) is 0 Å². The van der Waals surface area contributed by atoms with Crippen molar-refractivity contribution in [2.75, 3.05) is 0 Å².